The van der Waals surface area contributed by atoms with Gasteiger partial charge in [-0.15, -0.1) is 13.2 Å². The van der Waals surface area contributed by atoms with Crippen LogP contribution in [-0.2, 0) is 11.2 Å². The zero-order valence-electron chi connectivity index (χ0n) is 8.67. The highest BCUT2D eigenvalue weighted by molar-refractivity contribution is 5.75. The highest BCUT2D eigenvalue weighted by atomic mass is 19.4. The Hall–Kier alpha value is -1.52. The molecule has 0 heterocycles. The van der Waals surface area contributed by atoms with E-state index in [2.05, 4.69) is 4.74 Å². The van der Waals surface area contributed by atoms with Crippen molar-refractivity contribution < 1.29 is 22.7 Å². The van der Waals surface area contributed by atoms with Crippen molar-refractivity contribution in [3.8, 4) is 5.75 Å². The van der Waals surface area contributed by atoms with Crippen LogP contribution >= 0.6 is 0 Å². The monoisotopic (exact) mass is 232 g/mol. The number of aryl methyl sites for hydroxylation is 1. The Morgan fingerprint density at radius 3 is 2.25 bits per heavy atom. The van der Waals surface area contributed by atoms with Crippen molar-refractivity contribution in [3.05, 3.63) is 29.8 Å². The molecule has 0 unspecified atom stereocenters. The summed E-state index contributed by atoms with van der Waals surface area (Å²) in [7, 11) is 0. The third kappa shape index (κ3) is 4.82. The van der Waals surface area contributed by atoms with Crippen molar-refractivity contribution in [1.82, 2.24) is 0 Å². The average molecular weight is 232 g/mol. The van der Waals surface area contributed by atoms with Crippen molar-refractivity contribution in [2.24, 2.45) is 0 Å². The Morgan fingerprint density at radius 2 is 1.81 bits per heavy atom. The predicted octanol–water partition coefficient (Wildman–Crippen LogP) is 3.11. The SMILES string of the molecule is CC(=O)CCc1ccc(OC(F)(F)F)cc1. The van der Waals surface area contributed by atoms with Crippen molar-refractivity contribution in [2.75, 3.05) is 0 Å². The number of Topliss-reactive ketones (excluding diaryl/α,β-unsaturated/α-hetero) is 1. The van der Waals surface area contributed by atoms with Gasteiger partial charge in [-0.2, -0.15) is 0 Å². The minimum Gasteiger partial charge on any atom is -0.406 e. The third-order valence-corrected chi connectivity index (χ3v) is 1.92. The summed E-state index contributed by atoms with van der Waals surface area (Å²) in [6, 6.07) is 5.51. The molecular weight excluding hydrogens is 221 g/mol. The number of carbonyl (C=O) groups is 1. The van der Waals surface area contributed by atoms with E-state index in [0.717, 1.165) is 5.56 Å². The fourth-order valence-corrected chi connectivity index (χ4v) is 1.18. The summed E-state index contributed by atoms with van der Waals surface area (Å²) >= 11 is 0. The molecule has 0 N–H and O–H groups in total. The molecule has 2 nitrogen and oxygen atoms in total. The number of benzene rings is 1. The van der Waals surface area contributed by atoms with Crippen LogP contribution in [0.5, 0.6) is 5.75 Å². The number of carbonyl (C=O) groups excluding carboxylic acids is 1. The number of halogens is 3. The van der Waals surface area contributed by atoms with Gasteiger partial charge in [0.05, 0.1) is 0 Å². The van der Waals surface area contributed by atoms with Crippen LogP contribution in [0.4, 0.5) is 13.2 Å². The van der Waals surface area contributed by atoms with Crippen LogP contribution in [0.2, 0.25) is 0 Å². The van der Waals surface area contributed by atoms with Crippen LogP contribution in [0.15, 0.2) is 24.3 Å². The van der Waals surface area contributed by atoms with Crippen molar-refractivity contribution in [1.29, 1.82) is 0 Å². The first-order valence-electron chi connectivity index (χ1n) is 4.71. The van der Waals surface area contributed by atoms with Gasteiger partial charge >= 0.3 is 6.36 Å². The van der Waals surface area contributed by atoms with E-state index < -0.39 is 6.36 Å². The van der Waals surface area contributed by atoms with Crippen molar-refractivity contribution in [3.63, 3.8) is 0 Å². The third-order valence-electron chi connectivity index (χ3n) is 1.92. The summed E-state index contributed by atoms with van der Waals surface area (Å²) in [5.41, 5.74) is 0.810. The van der Waals surface area contributed by atoms with Crippen LogP contribution < -0.4 is 4.74 Å². The number of ether oxygens (including phenoxy) is 1. The lowest BCUT2D eigenvalue weighted by Gasteiger charge is -2.08. The Bertz CT molecular complexity index is 354. The van der Waals surface area contributed by atoms with E-state index in [1.165, 1.54) is 31.2 Å². The molecule has 0 spiro atoms. The van der Waals surface area contributed by atoms with Crippen LogP contribution in [0.1, 0.15) is 18.9 Å². The summed E-state index contributed by atoms with van der Waals surface area (Å²) in [4.78, 5) is 10.7. The normalized spacial score (nSPS) is 11.2. The Morgan fingerprint density at radius 1 is 1.25 bits per heavy atom. The first-order chi connectivity index (χ1) is 7.37. The Balaban J connectivity index is 2.57. The van der Waals surface area contributed by atoms with Gasteiger partial charge in [0.1, 0.15) is 11.5 Å². The summed E-state index contributed by atoms with van der Waals surface area (Å²) in [5.74, 6) is -0.199. The molecule has 0 saturated heterocycles. The molecule has 0 aromatic heterocycles. The zero-order chi connectivity index (χ0) is 12.2. The number of rotatable bonds is 4. The second kappa shape index (κ2) is 5.01. The van der Waals surface area contributed by atoms with Gasteiger partial charge < -0.3 is 9.53 Å². The van der Waals surface area contributed by atoms with Gasteiger partial charge in [-0.25, -0.2) is 0 Å². The lowest BCUT2D eigenvalue weighted by atomic mass is 10.1. The fourth-order valence-electron chi connectivity index (χ4n) is 1.18. The maximum atomic E-state index is 11.8. The standard InChI is InChI=1S/C11H11F3O2/c1-8(15)2-3-9-4-6-10(7-5-9)16-11(12,13)14/h4-7H,2-3H2,1H3. The molecule has 1 aromatic carbocycles. The molecule has 88 valence electrons. The second-order valence-corrected chi connectivity index (χ2v) is 3.39. The molecule has 0 aliphatic carbocycles. The topological polar surface area (TPSA) is 26.3 Å². The molecule has 1 rings (SSSR count). The summed E-state index contributed by atoms with van der Waals surface area (Å²) in [6.07, 6.45) is -3.75. The maximum Gasteiger partial charge on any atom is 0.573 e. The molecule has 0 fully saturated rings. The number of alkyl halides is 3. The smallest absolute Gasteiger partial charge is 0.406 e. The highest BCUT2D eigenvalue weighted by Crippen LogP contribution is 2.22. The van der Waals surface area contributed by atoms with E-state index in [0.29, 0.717) is 12.8 Å². The van der Waals surface area contributed by atoms with E-state index in [9.17, 15) is 18.0 Å². The van der Waals surface area contributed by atoms with Crippen LogP contribution in [0, 0.1) is 0 Å². The van der Waals surface area contributed by atoms with Crippen molar-refractivity contribution >= 4 is 5.78 Å². The van der Waals surface area contributed by atoms with Gasteiger partial charge in [-0.3, -0.25) is 0 Å². The molecule has 0 aliphatic rings. The number of hydrogen-bond donors (Lipinski definition) is 0. The molecule has 5 heteroatoms. The molecule has 16 heavy (non-hydrogen) atoms. The van der Waals surface area contributed by atoms with Gasteiger partial charge in [-0.1, -0.05) is 12.1 Å². The lowest BCUT2D eigenvalue weighted by molar-refractivity contribution is -0.274. The largest absolute Gasteiger partial charge is 0.573 e. The Labute approximate surface area is 91.0 Å². The lowest BCUT2D eigenvalue weighted by Crippen LogP contribution is -2.17. The first kappa shape index (κ1) is 12.5. The molecular formula is C11H11F3O2. The fraction of sp³-hybridized carbons (Fsp3) is 0.364. The van der Waals surface area contributed by atoms with Gasteiger partial charge in [0.25, 0.3) is 0 Å². The van der Waals surface area contributed by atoms with Gasteiger partial charge in [0.15, 0.2) is 0 Å². The second-order valence-electron chi connectivity index (χ2n) is 3.39. The number of ketones is 1. The minimum atomic E-state index is -4.67. The van der Waals surface area contributed by atoms with Crippen LogP contribution in [0.3, 0.4) is 0 Å². The van der Waals surface area contributed by atoms with Gasteiger partial charge in [-0.05, 0) is 31.0 Å². The summed E-state index contributed by atoms with van der Waals surface area (Å²) < 4.78 is 39.2. The molecule has 0 aliphatic heterocycles. The molecule has 0 saturated carbocycles. The maximum absolute atomic E-state index is 11.8. The minimum absolute atomic E-state index is 0.0515. The summed E-state index contributed by atoms with van der Waals surface area (Å²) in [6.45, 7) is 1.47. The molecule has 0 atom stereocenters. The van der Waals surface area contributed by atoms with E-state index in [-0.39, 0.29) is 11.5 Å². The molecule has 0 bridgehead atoms. The first-order valence-corrected chi connectivity index (χ1v) is 4.71. The van der Waals surface area contributed by atoms with Crippen LogP contribution in [0.25, 0.3) is 0 Å². The van der Waals surface area contributed by atoms with Crippen LogP contribution in [-0.4, -0.2) is 12.1 Å². The quantitative estimate of drug-likeness (QED) is 0.797. The van der Waals surface area contributed by atoms with E-state index >= 15 is 0 Å². The average Bonchev–Trinajstić information content (AvgIpc) is 2.14. The van der Waals surface area contributed by atoms with Gasteiger partial charge in [0, 0.05) is 6.42 Å². The summed E-state index contributed by atoms with van der Waals surface area (Å²) in [5, 5.41) is 0. The highest BCUT2D eigenvalue weighted by Gasteiger charge is 2.30. The van der Waals surface area contributed by atoms with E-state index in [1.54, 1.807) is 0 Å². The molecule has 0 amide bonds. The van der Waals surface area contributed by atoms with Gasteiger partial charge in [0.2, 0.25) is 0 Å². The van der Waals surface area contributed by atoms with Crippen molar-refractivity contribution in [2.45, 2.75) is 26.1 Å². The number of hydrogen-bond acceptors (Lipinski definition) is 2. The predicted molar refractivity (Wildman–Crippen MR) is 52.1 cm³/mol. The Kier molecular flexibility index (Phi) is 3.93. The zero-order valence-corrected chi connectivity index (χ0v) is 8.67. The molecule has 1 aromatic rings. The van der Waals surface area contributed by atoms with E-state index in [4.69, 9.17) is 0 Å². The molecule has 0 radical (unpaired) electrons. The van der Waals surface area contributed by atoms with E-state index in [1.807, 2.05) is 0 Å².